The Balaban J connectivity index is 1.58. The molecule has 0 fully saturated rings. The first-order valence-corrected chi connectivity index (χ1v) is 11.2. The highest BCUT2D eigenvalue weighted by Crippen LogP contribution is 2.20. The molecule has 0 saturated heterocycles. The molecule has 3 rings (SSSR count). The summed E-state index contributed by atoms with van der Waals surface area (Å²) >= 11 is 0. The molecule has 0 aliphatic rings. The fourth-order valence-corrected chi connectivity index (χ4v) is 3.89. The molecule has 168 valence electrons. The molecule has 0 radical (unpaired) electrons. The van der Waals surface area contributed by atoms with Crippen LogP contribution in [-0.4, -0.2) is 46.5 Å². The summed E-state index contributed by atoms with van der Waals surface area (Å²) in [4.78, 5) is 14.0. The van der Waals surface area contributed by atoms with Gasteiger partial charge in [-0.2, -0.15) is 0 Å². The number of nitrogens with one attached hydrogen (secondary N) is 1. The average Bonchev–Trinajstić information content (AvgIpc) is 2.80. The Morgan fingerprint density at radius 3 is 2.22 bits per heavy atom. The van der Waals surface area contributed by atoms with Gasteiger partial charge < -0.3 is 14.4 Å². The number of sulfonamides is 1. The molecule has 0 aliphatic carbocycles. The molecule has 0 saturated carbocycles. The molecule has 32 heavy (non-hydrogen) atoms. The number of halogens is 1. The lowest BCUT2D eigenvalue weighted by atomic mass is 10.2. The van der Waals surface area contributed by atoms with Gasteiger partial charge in [0.25, 0.3) is 15.9 Å². The van der Waals surface area contributed by atoms with E-state index >= 15 is 0 Å². The number of hydrogen-bond donors (Lipinski definition) is 1. The van der Waals surface area contributed by atoms with Gasteiger partial charge in [-0.05, 0) is 60.7 Å². The van der Waals surface area contributed by atoms with Crippen molar-refractivity contribution in [1.29, 1.82) is 0 Å². The Morgan fingerprint density at radius 2 is 1.59 bits per heavy atom. The van der Waals surface area contributed by atoms with Crippen molar-refractivity contribution in [3.05, 3.63) is 84.2 Å². The van der Waals surface area contributed by atoms with Crippen molar-refractivity contribution >= 4 is 21.6 Å². The highest BCUT2D eigenvalue weighted by molar-refractivity contribution is 7.92. The summed E-state index contributed by atoms with van der Waals surface area (Å²) in [7, 11) is -0.782. The number of rotatable bonds is 9. The fourth-order valence-electron chi connectivity index (χ4n) is 2.82. The Bertz CT molecular complexity index is 1170. The van der Waals surface area contributed by atoms with Crippen LogP contribution in [0.1, 0.15) is 10.4 Å². The summed E-state index contributed by atoms with van der Waals surface area (Å²) in [5, 5.41) is 0. The zero-order valence-electron chi connectivity index (χ0n) is 17.6. The first kappa shape index (κ1) is 23.1. The van der Waals surface area contributed by atoms with Crippen LogP contribution in [0.25, 0.3) is 0 Å². The van der Waals surface area contributed by atoms with Crippen LogP contribution in [0.2, 0.25) is 0 Å². The smallest absolute Gasteiger partial charge is 0.261 e. The van der Waals surface area contributed by atoms with Gasteiger partial charge in [0.2, 0.25) is 0 Å². The standard InChI is InChI=1S/C23H23FN2O5S/c1-26(15-16-31-19-11-9-18(30-2)10-12-19)23(27)17-7-13-20(14-8-17)32(28,29)25-22-6-4-3-5-21(22)24/h3-14,25H,15-16H2,1-2H3. The van der Waals surface area contributed by atoms with E-state index < -0.39 is 15.8 Å². The van der Waals surface area contributed by atoms with Crippen LogP contribution in [0.3, 0.4) is 0 Å². The molecule has 0 bridgehead atoms. The van der Waals surface area contributed by atoms with Gasteiger partial charge in [-0.25, -0.2) is 12.8 Å². The number of para-hydroxylation sites is 1. The minimum absolute atomic E-state index is 0.0807. The van der Waals surface area contributed by atoms with E-state index in [4.69, 9.17) is 9.47 Å². The van der Waals surface area contributed by atoms with Crippen LogP contribution in [0.4, 0.5) is 10.1 Å². The molecule has 1 amide bonds. The number of amides is 1. The number of ether oxygens (including phenoxy) is 2. The zero-order chi connectivity index (χ0) is 23.1. The third-order valence-corrected chi connectivity index (χ3v) is 6.01. The van der Waals surface area contributed by atoms with Gasteiger partial charge in [-0.3, -0.25) is 9.52 Å². The summed E-state index contributed by atoms with van der Waals surface area (Å²) in [5.74, 6) is 0.415. The van der Waals surface area contributed by atoms with E-state index in [2.05, 4.69) is 4.72 Å². The van der Waals surface area contributed by atoms with E-state index in [0.29, 0.717) is 17.9 Å². The van der Waals surface area contributed by atoms with Gasteiger partial charge in [0, 0.05) is 12.6 Å². The number of hydrogen-bond acceptors (Lipinski definition) is 5. The Kier molecular flexibility index (Phi) is 7.32. The molecule has 3 aromatic rings. The van der Waals surface area contributed by atoms with Gasteiger partial charge in [0.15, 0.2) is 0 Å². The minimum atomic E-state index is -3.99. The Labute approximate surface area is 186 Å². The van der Waals surface area contributed by atoms with Gasteiger partial charge in [0.05, 0.1) is 24.2 Å². The molecule has 0 spiro atoms. The van der Waals surface area contributed by atoms with E-state index in [1.807, 2.05) is 0 Å². The maximum absolute atomic E-state index is 13.7. The van der Waals surface area contributed by atoms with Crippen LogP contribution < -0.4 is 14.2 Å². The summed E-state index contributed by atoms with van der Waals surface area (Å²) in [5.41, 5.74) is 0.172. The third-order valence-electron chi connectivity index (χ3n) is 4.63. The monoisotopic (exact) mass is 458 g/mol. The molecule has 3 aromatic carbocycles. The number of methoxy groups -OCH3 is 1. The van der Waals surface area contributed by atoms with Crippen molar-refractivity contribution in [2.75, 3.05) is 32.0 Å². The fraction of sp³-hybridized carbons (Fsp3) is 0.174. The number of benzene rings is 3. The van der Waals surface area contributed by atoms with Crippen molar-refractivity contribution in [2.24, 2.45) is 0 Å². The molecule has 0 heterocycles. The van der Waals surface area contributed by atoms with Crippen molar-refractivity contribution in [2.45, 2.75) is 4.90 Å². The van der Waals surface area contributed by atoms with Gasteiger partial charge in [-0.1, -0.05) is 12.1 Å². The van der Waals surface area contributed by atoms with Crippen LogP contribution >= 0.6 is 0 Å². The number of likely N-dealkylation sites (N-methyl/N-ethyl adjacent to an activating group) is 1. The van der Waals surface area contributed by atoms with Crippen LogP contribution in [-0.2, 0) is 10.0 Å². The predicted octanol–water partition coefficient (Wildman–Crippen LogP) is 3.79. The van der Waals surface area contributed by atoms with Crippen molar-refractivity contribution in [1.82, 2.24) is 4.90 Å². The molecule has 0 aromatic heterocycles. The van der Waals surface area contributed by atoms with Gasteiger partial charge in [-0.15, -0.1) is 0 Å². The maximum Gasteiger partial charge on any atom is 0.261 e. The first-order valence-electron chi connectivity index (χ1n) is 9.70. The van der Waals surface area contributed by atoms with Gasteiger partial charge >= 0.3 is 0 Å². The number of carbonyl (C=O) groups excluding carboxylic acids is 1. The Morgan fingerprint density at radius 1 is 0.969 bits per heavy atom. The van der Waals surface area contributed by atoms with Crippen molar-refractivity contribution in [3.63, 3.8) is 0 Å². The number of carbonyl (C=O) groups is 1. The highest BCUT2D eigenvalue weighted by atomic mass is 32.2. The highest BCUT2D eigenvalue weighted by Gasteiger charge is 2.18. The molecule has 1 N–H and O–H groups in total. The normalized spacial score (nSPS) is 11.0. The van der Waals surface area contributed by atoms with Gasteiger partial charge in [0.1, 0.15) is 23.9 Å². The third kappa shape index (κ3) is 5.76. The molecule has 0 unspecified atom stereocenters. The van der Waals surface area contributed by atoms with E-state index in [-0.39, 0.29) is 23.1 Å². The van der Waals surface area contributed by atoms with Crippen molar-refractivity contribution < 1.29 is 27.1 Å². The second kappa shape index (κ2) is 10.1. The quantitative estimate of drug-likeness (QED) is 0.528. The van der Waals surface area contributed by atoms with Crippen LogP contribution in [0.5, 0.6) is 11.5 Å². The topological polar surface area (TPSA) is 84.9 Å². The lowest BCUT2D eigenvalue weighted by molar-refractivity contribution is 0.0773. The van der Waals surface area contributed by atoms with E-state index in [1.165, 1.54) is 47.4 Å². The molecule has 0 atom stereocenters. The summed E-state index contributed by atoms with van der Waals surface area (Å²) in [6, 6.07) is 18.0. The molecule has 7 nitrogen and oxygen atoms in total. The van der Waals surface area contributed by atoms with E-state index in [0.717, 1.165) is 11.8 Å². The summed E-state index contributed by atoms with van der Waals surface area (Å²) < 4.78 is 51.6. The van der Waals surface area contributed by atoms with E-state index in [1.54, 1.807) is 38.4 Å². The predicted molar refractivity (Wildman–Crippen MR) is 119 cm³/mol. The lowest BCUT2D eigenvalue weighted by Gasteiger charge is -2.18. The first-order chi connectivity index (χ1) is 15.3. The van der Waals surface area contributed by atoms with Crippen LogP contribution in [0.15, 0.2) is 77.7 Å². The molecular weight excluding hydrogens is 435 g/mol. The zero-order valence-corrected chi connectivity index (χ0v) is 18.4. The second-order valence-corrected chi connectivity index (χ2v) is 8.54. The maximum atomic E-state index is 13.7. The van der Waals surface area contributed by atoms with Crippen molar-refractivity contribution in [3.8, 4) is 11.5 Å². The van der Waals surface area contributed by atoms with Crippen LogP contribution in [0, 0.1) is 5.82 Å². The number of anilines is 1. The summed E-state index contributed by atoms with van der Waals surface area (Å²) in [6.45, 7) is 0.618. The minimum Gasteiger partial charge on any atom is -0.497 e. The molecule has 0 aliphatic heterocycles. The average molecular weight is 459 g/mol. The number of nitrogens with zero attached hydrogens (tertiary/aromatic N) is 1. The Hall–Kier alpha value is -3.59. The lowest BCUT2D eigenvalue weighted by Crippen LogP contribution is -2.30. The largest absolute Gasteiger partial charge is 0.497 e. The summed E-state index contributed by atoms with van der Waals surface area (Å²) in [6.07, 6.45) is 0. The second-order valence-electron chi connectivity index (χ2n) is 6.86. The van der Waals surface area contributed by atoms with E-state index in [9.17, 15) is 17.6 Å². The molecular formula is C23H23FN2O5S. The molecule has 9 heteroatoms. The SMILES string of the molecule is COc1ccc(OCCN(C)C(=O)c2ccc(S(=O)(=O)Nc3ccccc3F)cc2)cc1.